The summed E-state index contributed by atoms with van der Waals surface area (Å²) < 4.78 is 7.72. The number of benzene rings is 1. The van der Waals surface area contributed by atoms with Crippen LogP contribution in [-0.4, -0.2) is 16.0 Å². The van der Waals surface area contributed by atoms with Crippen LogP contribution in [0.4, 0.5) is 0 Å². The van der Waals surface area contributed by atoms with E-state index in [1.54, 1.807) is 6.20 Å². The van der Waals surface area contributed by atoms with Crippen molar-refractivity contribution in [2.24, 2.45) is 0 Å². The predicted octanol–water partition coefficient (Wildman–Crippen LogP) is 4.25. The lowest BCUT2D eigenvalue weighted by molar-refractivity contribution is 0.309. The van der Waals surface area contributed by atoms with E-state index < -0.39 is 0 Å². The molecule has 0 saturated heterocycles. The van der Waals surface area contributed by atoms with Crippen LogP contribution in [0.25, 0.3) is 16.8 Å². The second-order valence-electron chi connectivity index (χ2n) is 5.42. The van der Waals surface area contributed by atoms with Crippen LogP contribution < -0.4 is 4.74 Å². The van der Waals surface area contributed by atoms with Crippen LogP contribution in [0, 0.1) is 11.3 Å². The lowest BCUT2D eigenvalue weighted by Gasteiger charge is -2.08. The van der Waals surface area contributed by atoms with Gasteiger partial charge in [-0.15, -0.1) is 0 Å². The molecule has 0 N–H and O–H groups in total. The van der Waals surface area contributed by atoms with Crippen molar-refractivity contribution in [3.63, 3.8) is 0 Å². The van der Waals surface area contributed by atoms with Gasteiger partial charge in [0, 0.05) is 23.7 Å². The molecule has 3 aromatic rings. The Morgan fingerprint density at radius 3 is 2.74 bits per heavy atom. The Kier molecular flexibility index (Phi) is 4.58. The molecular weight excluding hydrogens is 286 g/mol. The molecule has 4 heteroatoms. The van der Waals surface area contributed by atoms with Crippen LogP contribution in [0.2, 0.25) is 0 Å². The Morgan fingerprint density at radius 1 is 1.17 bits per heavy atom. The van der Waals surface area contributed by atoms with Crippen molar-refractivity contribution in [2.75, 3.05) is 6.61 Å². The van der Waals surface area contributed by atoms with Gasteiger partial charge in [-0.1, -0.05) is 13.3 Å². The molecule has 4 nitrogen and oxygen atoms in total. The van der Waals surface area contributed by atoms with Crippen LogP contribution in [0.15, 0.2) is 48.8 Å². The number of unbranched alkanes of at least 4 members (excludes halogenated alkanes) is 1. The van der Waals surface area contributed by atoms with Crippen LogP contribution in [0.1, 0.15) is 25.5 Å². The molecule has 0 bridgehead atoms. The lowest BCUT2D eigenvalue weighted by Crippen LogP contribution is -1.97. The van der Waals surface area contributed by atoms with Gasteiger partial charge in [-0.05, 0) is 42.8 Å². The van der Waals surface area contributed by atoms with Crippen molar-refractivity contribution in [2.45, 2.75) is 26.2 Å². The molecular formula is C19H19N3O. The van der Waals surface area contributed by atoms with Gasteiger partial charge >= 0.3 is 0 Å². The zero-order chi connectivity index (χ0) is 16.1. The summed E-state index contributed by atoms with van der Waals surface area (Å²) in [4.78, 5) is 4.51. The Bertz CT molecular complexity index is 828. The van der Waals surface area contributed by atoms with Crippen molar-refractivity contribution in [1.82, 2.24) is 9.38 Å². The third-order valence-corrected chi connectivity index (χ3v) is 3.82. The largest absolute Gasteiger partial charge is 0.494 e. The van der Waals surface area contributed by atoms with Crippen LogP contribution in [-0.2, 0) is 6.42 Å². The number of ether oxygens (including phenoxy) is 1. The molecule has 0 radical (unpaired) electrons. The van der Waals surface area contributed by atoms with Crippen molar-refractivity contribution < 1.29 is 4.74 Å². The Hall–Kier alpha value is -2.80. The molecule has 0 aliphatic rings. The summed E-state index contributed by atoms with van der Waals surface area (Å²) in [6, 6.07) is 14.2. The van der Waals surface area contributed by atoms with Crippen molar-refractivity contribution in [1.29, 1.82) is 5.26 Å². The first-order chi connectivity index (χ1) is 11.3. The standard InChI is InChI=1S/C19H19N3O/c1-2-3-14-23-17-7-4-15(5-8-17)19-18-9-6-16(10-11-20)22(18)13-12-21-19/h4-9,12-13H,2-3,10,14H2,1H3. The van der Waals surface area contributed by atoms with Gasteiger partial charge in [0.1, 0.15) is 5.75 Å². The van der Waals surface area contributed by atoms with Crippen molar-refractivity contribution in [3.05, 3.63) is 54.5 Å². The highest BCUT2D eigenvalue weighted by molar-refractivity contribution is 5.77. The topological polar surface area (TPSA) is 50.3 Å². The molecule has 116 valence electrons. The van der Waals surface area contributed by atoms with Crippen molar-refractivity contribution in [3.8, 4) is 23.1 Å². The first kappa shape index (κ1) is 15.1. The number of nitrogens with zero attached hydrogens (tertiary/aromatic N) is 3. The van der Waals surface area contributed by atoms with E-state index in [2.05, 4.69) is 18.0 Å². The zero-order valence-corrected chi connectivity index (χ0v) is 13.2. The average Bonchev–Trinajstić information content (AvgIpc) is 2.99. The fraction of sp³-hybridized carbons (Fsp3) is 0.263. The van der Waals surface area contributed by atoms with E-state index in [0.717, 1.165) is 47.7 Å². The molecule has 0 saturated carbocycles. The van der Waals surface area contributed by atoms with Crippen LogP contribution in [0.3, 0.4) is 0 Å². The maximum Gasteiger partial charge on any atom is 0.119 e. The number of hydrogen-bond donors (Lipinski definition) is 0. The van der Waals surface area contributed by atoms with Gasteiger partial charge in [-0.3, -0.25) is 4.98 Å². The molecule has 0 aliphatic heterocycles. The molecule has 3 rings (SSSR count). The van der Waals surface area contributed by atoms with E-state index in [-0.39, 0.29) is 0 Å². The molecule has 0 spiro atoms. The average molecular weight is 305 g/mol. The van der Waals surface area contributed by atoms with Gasteiger partial charge in [0.05, 0.1) is 30.3 Å². The second-order valence-corrected chi connectivity index (χ2v) is 5.42. The van der Waals surface area contributed by atoms with E-state index in [0.29, 0.717) is 6.42 Å². The molecule has 0 aliphatic carbocycles. The van der Waals surface area contributed by atoms with E-state index in [1.807, 2.05) is 47.0 Å². The first-order valence-electron chi connectivity index (χ1n) is 7.88. The molecule has 0 unspecified atom stereocenters. The molecule has 2 aromatic heterocycles. The number of nitriles is 1. The summed E-state index contributed by atoms with van der Waals surface area (Å²) in [7, 11) is 0. The third-order valence-electron chi connectivity index (χ3n) is 3.82. The summed E-state index contributed by atoms with van der Waals surface area (Å²) in [5, 5.41) is 8.91. The Balaban J connectivity index is 1.90. The summed E-state index contributed by atoms with van der Waals surface area (Å²) in [6.45, 7) is 2.90. The molecule has 2 heterocycles. The smallest absolute Gasteiger partial charge is 0.119 e. The number of aromatic nitrogens is 2. The molecule has 1 aromatic carbocycles. The summed E-state index contributed by atoms with van der Waals surface area (Å²) in [5.41, 5.74) is 3.94. The van der Waals surface area contributed by atoms with E-state index >= 15 is 0 Å². The van der Waals surface area contributed by atoms with Crippen molar-refractivity contribution >= 4 is 5.52 Å². The lowest BCUT2D eigenvalue weighted by atomic mass is 10.1. The minimum Gasteiger partial charge on any atom is -0.494 e. The normalized spacial score (nSPS) is 10.6. The quantitative estimate of drug-likeness (QED) is 0.640. The van der Waals surface area contributed by atoms with Gasteiger partial charge in [-0.2, -0.15) is 5.26 Å². The number of rotatable bonds is 6. The minimum atomic E-state index is 0.391. The van der Waals surface area contributed by atoms with Crippen LogP contribution >= 0.6 is 0 Å². The number of fused-ring (bicyclic) bond motifs is 1. The van der Waals surface area contributed by atoms with Gasteiger partial charge in [-0.25, -0.2) is 0 Å². The van der Waals surface area contributed by atoms with Gasteiger partial charge < -0.3 is 9.14 Å². The van der Waals surface area contributed by atoms with Gasteiger partial charge in [0.15, 0.2) is 0 Å². The van der Waals surface area contributed by atoms with E-state index in [9.17, 15) is 0 Å². The summed E-state index contributed by atoms with van der Waals surface area (Å²) in [5.74, 6) is 0.884. The highest BCUT2D eigenvalue weighted by Gasteiger charge is 2.09. The first-order valence-corrected chi connectivity index (χ1v) is 7.88. The monoisotopic (exact) mass is 305 g/mol. The fourth-order valence-electron chi connectivity index (χ4n) is 2.59. The van der Waals surface area contributed by atoms with E-state index in [4.69, 9.17) is 10.00 Å². The van der Waals surface area contributed by atoms with Crippen LogP contribution in [0.5, 0.6) is 5.75 Å². The SMILES string of the molecule is CCCCOc1ccc(-c2nccn3c(CC#N)ccc23)cc1. The molecule has 0 amide bonds. The summed E-state index contributed by atoms with van der Waals surface area (Å²) >= 11 is 0. The number of hydrogen-bond acceptors (Lipinski definition) is 3. The maximum absolute atomic E-state index is 8.91. The molecule has 23 heavy (non-hydrogen) atoms. The van der Waals surface area contributed by atoms with E-state index in [1.165, 1.54) is 0 Å². The Labute approximate surface area is 136 Å². The zero-order valence-electron chi connectivity index (χ0n) is 13.2. The van der Waals surface area contributed by atoms with Gasteiger partial charge in [0.2, 0.25) is 0 Å². The molecule has 0 atom stereocenters. The highest BCUT2D eigenvalue weighted by atomic mass is 16.5. The molecule has 0 fully saturated rings. The fourth-order valence-corrected chi connectivity index (χ4v) is 2.59. The Morgan fingerprint density at radius 2 is 2.00 bits per heavy atom. The predicted molar refractivity (Wildman–Crippen MR) is 90.3 cm³/mol. The van der Waals surface area contributed by atoms with Gasteiger partial charge in [0.25, 0.3) is 0 Å². The third kappa shape index (κ3) is 3.19. The maximum atomic E-state index is 8.91. The minimum absolute atomic E-state index is 0.391. The second kappa shape index (κ2) is 6.97. The summed E-state index contributed by atoms with van der Waals surface area (Å²) in [6.07, 6.45) is 6.25. The highest BCUT2D eigenvalue weighted by Crippen LogP contribution is 2.26.